The van der Waals surface area contributed by atoms with Crippen molar-refractivity contribution in [3.63, 3.8) is 0 Å². The van der Waals surface area contributed by atoms with E-state index in [9.17, 15) is 0 Å². The van der Waals surface area contributed by atoms with Gasteiger partial charge in [0.2, 0.25) is 0 Å². The minimum absolute atomic E-state index is 0.0895. The highest BCUT2D eigenvalue weighted by Crippen LogP contribution is 2.28. The molecule has 2 aromatic rings. The van der Waals surface area contributed by atoms with Crippen LogP contribution in [-0.4, -0.2) is 31.3 Å². The number of halogens is 1. The molecule has 21 heavy (non-hydrogen) atoms. The van der Waals surface area contributed by atoms with E-state index in [0.29, 0.717) is 5.92 Å². The average Bonchev–Trinajstić information content (AvgIpc) is 2.91. The Balaban J connectivity index is 2.51. The Labute approximate surface area is 136 Å². The molecule has 0 saturated heterocycles. The number of aromatic nitrogens is 4. The number of thioether (sulfide) groups is 1. The second-order valence-electron chi connectivity index (χ2n) is 5.75. The van der Waals surface area contributed by atoms with E-state index in [-0.39, 0.29) is 5.38 Å². The molecule has 0 amide bonds. The molecule has 0 radical (unpaired) electrons. The molecule has 118 valence electrons. The maximum absolute atomic E-state index is 6.36. The standard InChI is InChI=1S/C15H25ClN4S/c1-6-7-12-13-15(19(4)18-12)20(8-10(2)9-21-5)14(17-13)11(3)16/h10-11H,6-9H2,1-5H3. The Morgan fingerprint density at radius 1 is 1.33 bits per heavy atom. The molecule has 0 spiro atoms. The SMILES string of the molecule is CCCc1nn(C)c2c1nc(C(C)Cl)n2CC(C)CSC. The third kappa shape index (κ3) is 3.39. The van der Waals surface area contributed by atoms with Gasteiger partial charge in [0.1, 0.15) is 11.3 Å². The van der Waals surface area contributed by atoms with Gasteiger partial charge in [-0.1, -0.05) is 20.3 Å². The van der Waals surface area contributed by atoms with Gasteiger partial charge in [0.15, 0.2) is 5.65 Å². The molecule has 0 aliphatic heterocycles. The van der Waals surface area contributed by atoms with Gasteiger partial charge in [-0.2, -0.15) is 16.9 Å². The second kappa shape index (κ2) is 7.05. The molecule has 0 saturated carbocycles. The van der Waals surface area contributed by atoms with Crippen LogP contribution >= 0.6 is 23.4 Å². The van der Waals surface area contributed by atoms with Crippen molar-refractivity contribution in [3.8, 4) is 0 Å². The summed E-state index contributed by atoms with van der Waals surface area (Å²) in [5.41, 5.74) is 3.22. The first kappa shape index (κ1) is 16.7. The van der Waals surface area contributed by atoms with Gasteiger partial charge in [-0.05, 0) is 31.3 Å². The lowest BCUT2D eigenvalue weighted by Gasteiger charge is -2.15. The molecule has 0 bridgehead atoms. The largest absolute Gasteiger partial charge is 0.311 e. The van der Waals surface area contributed by atoms with Crippen molar-refractivity contribution in [2.45, 2.75) is 45.5 Å². The first-order chi connectivity index (χ1) is 9.99. The highest BCUT2D eigenvalue weighted by molar-refractivity contribution is 7.98. The Bertz CT molecular complexity index is 602. The maximum atomic E-state index is 6.36. The van der Waals surface area contributed by atoms with E-state index in [1.54, 1.807) is 0 Å². The summed E-state index contributed by atoms with van der Waals surface area (Å²) in [6, 6.07) is 0. The summed E-state index contributed by atoms with van der Waals surface area (Å²) in [4.78, 5) is 4.81. The van der Waals surface area contributed by atoms with E-state index in [2.05, 4.69) is 29.8 Å². The lowest BCUT2D eigenvalue weighted by molar-refractivity contribution is 0.514. The van der Waals surface area contributed by atoms with Crippen LogP contribution < -0.4 is 0 Å². The molecular formula is C15H25ClN4S. The van der Waals surface area contributed by atoms with Gasteiger partial charge >= 0.3 is 0 Å². The number of nitrogens with zero attached hydrogens (tertiary/aromatic N) is 4. The van der Waals surface area contributed by atoms with Crippen LogP contribution in [0.25, 0.3) is 11.2 Å². The predicted octanol–water partition coefficient (Wildman–Crippen LogP) is 4.02. The Hall–Kier alpha value is -0.680. The summed E-state index contributed by atoms with van der Waals surface area (Å²) in [5, 5.41) is 4.55. The fourth-order valence-electron chi connectivity index (χ4n) is 2.80. The number of imidazole rings is 1. The molecule has 0 aromatic carbocycles. The highest BCUT2D eigenvalue weighted by Gasteiger charge is 2.22. The normalized spacial score (nSPS) is 14.8. The first-order valence-corrected chi connectivity index (χ1v) is 9.37. The zero-order valence-electron chi connectivity index (χ0n) is 13.6. The molecule has 2 heterocycles. The third-order valence-corrected chi connectivity index (χ3v) is 4.71. The van der Waals surface area contributed by atoms with Gasteiger partial charge in [-0.25, -0.2) is 4.98 Å². The lowest BCUT2D eigenvalue weighted by Crippen LogP contribution is -2.14. The quantitative estimate of drug-likeness (QED) is 0.720. The summed E-state index contributed by atoms with van der Waals surface area (Å²) in [6.07, 6.45) is 4.19. The van der Waals surface area contributed by atoms with Crippen molar-refractivity contribution in [1.29, 1.82) is 0 Å². The van der Waals surface area contributed by atoms with Crippen LogP contribution in [0.15, 0.2) is 0 Å². The van der Waals surface area contributed by atoms with Gasteiger partial charge in [-0.15, -0.1) is 11.6 Å². The van der Waals surface area contributed by atoms with Crippen LogP contribution in [0.1, 0.15) is 44.1 Å². The smallest absolute Gasteiger partial charge is 0.158 e. The molecule has 0 aliphatic rings. The van der Waals surface area contributed by atoms with Crippen LogP contribution in [0, 0.1) is 5.92 Å². The predicted molar refractivity (Wildman–Crippen MR) is 92.3 cm³/mol. The molecule has 2 unspecified atom stereocenters. The van der Waals surface area contributed by atoms with Gasteiger partial charge in [0.25, 0.3) is 0 Å². The molecule has 0 N–H and O–H groups in total. The first-order valence-electron chi connectivity index (χ1n) is 7.54. The monoisotopic (exact) mass is 328 g/mol. The van der Waals surface area contributed by atoms with Gasteiger partial charge in [0, 0.05) is 13.6 Å². The molecule has 2 rings (SSSR count). The Kier molecular flexibility index (Phi) is 5.60. The van der Waals surface area contributed by atoms with E-state index in [0.717, 1.165) is 47.8 Å². The van der Waals surface area contributed by atoms with Crippen molar-refractivity contribution in [2.24, 2.45) is 13.0 Å². The zero-order chi connectivity index (χ0) is 15.6. The number of rotatable bonds is 7. The van der Waals surface area contributed by atoms with Gasteiger partial charge in [-0.3, -0.25) is 4.68 Å². The van der Waals surface area contributed by atoms with Crippen molar-refractivity contribution in [2.75, 3.05) is 12.0 Å². The molecule has 0 aliphatic carbocycles. The van der Waals surface area contributed by atoms with Crippen LogP contribution in [-0.2, 0) is 20.0 Å². The minimum atomic E-state index is -0.0895. The topological polar surface area (TPSA) is 35.6 Å². The van der Waals surface area contributed by atoms with Crippen LogP contribution in [0.5, 0.6) is 0 Å². The number of fused-ring (bicyclic) bond motifs is 1. The fraction of sp³-hybridized carbons (Fsp3) is 0.733. The minimum Gasteiger partial charge on any atom is -0.311 e. The number of hydrogen-bond acceptors (Lipinski definition) is 3. The van der Waals surface area contributed by atoms with Crippen LogP contribution in [0.4, 0.5) is 0 Å². The lowest BCUT2D eigenvalue weighted by atomic mass is 10.2. The van der Waals surface area contributed by atoms with Gasteiger partial charge < -0.3 is 4.57 Å². The second-order valence-corrected chi connectivity index (χ2v) is 7.31. The highest BCUT2D eigenvalue weighted by atomic mass is 35.5. The fourth-order valence-corrected chi connectivity index (χ4v) is 3.64. The van der Waals surface area contributed by atoms with E-state index >= 15 is 0 Å². The number of aryl methyl sites for hydroxylation is 2. The summed E-state index contributed by atoms with van der Waals surface area (Å²) < 4.78 is 4.22. The average molecular weight is 329 g/mol. The van der Waals surface area contributed by atoms with E-state index < -0.39 is 0 Å². The molecule has 4 nitrogen and oxygen atoms in total. The summed E-state index contributed by atoms with van der Waals surface area (Å²) in [6.45, 7) is 7.37. The van der Waals surface area contributed by atoms with E-state index in [4.69, 9.17) is 16.6 Å². The number of hydrogen-bond donors (Lipinski definition) is 0. The molecule has 0 fully saturated rings. The summed E-state index contributed by atoms with van der Waals surface area (Å²) in [7, 11) is 2.00. The maximum Gasteiger partial charge on any atom is 0.158 e. The number of alkyl halides is 1. The van der Waals surface area contributed by atoms with Crippen molar-refractivity contribution in [3.05, 3.63) is 11.5 Å². The van der Waals surface area contributed by atoms with Crippen molar-refractivity contribution in [1.82, 2.24) is 19.3 Å². The summed E-state index contributed by atoms with van der Waals surface area (Å²) in [5.74, 6) is 2.68. The van der Waals surface area contributed by atoms with Crippen molar-refractivity contribution >= 4 is 34.5 Å². The van der Waals surface area contributed by atoms with Crippen LogP contribution in [0.3, 0.4) is 0 Å². The molecule has 6 heteroatoms. The van der Waals surface area contributed by atoms with E-state index in [1.165, 1.54) is 0 Å². The van der Waals surface area contributed by atoms with Gasteiger partial charge in [0.05, 0.1) is 11.1 Å². The third-order valence-electron chi connectivity index (χ3n) is 3.61. The summed E-state index contributed by atoms with van der Waals surface area (Å²) >= 11 is 8.24. The van der Waals surface area contributed by atoms with E-state index in [1.807, 2.05) is 30.4 Å². The van der Waals surface area contributed by atoms with Crippen LogP contribution in [0.2, 0.25) is 0 Å². The molecular weight excluding hydrogens is 304 g/mol. The Morgan fingerprint density at radius 3 is 2.62 bits per heavy atom. The molecule has 2 atom stereocenters. The molecule has 2 aromatic heterocycles. The van der Waals surface area contributed by atoms with Crippen molar-refractivity contribution < 1.29 is 0 Å². The Morgan fingerprint density at radius 2 is 2.05 bits per heavy atom. The zero-order valence-corrected chi connectivity index (χ0v) is 15.1.